The van der Waals surface area contributed by atoms with Crippen LogP contribution < -0.4 is 5.32 Å². The number of amides is 1. The van der Waals surface area contributed by atoms with Crippen molar-refractivity contribution in [2.45, 2.75) is 37.6 Å². The Bertz CT molecular complexity index is 1040. The smallest absolute Gasteiger partial charge is 0.272 e. The van der Waals surface area contributed by atoms with Gasteiger partial charge in [-0.15, -0.1) is 0 Å². The lowest BCUT2D eigenvalue weighted by Gasteiger charge is -2.14. The molecule has 1 saturated carbocycles. The molecule has 1 aromatic heterocycles. The number of hydrogen-bond acceptors (Lipinski definition) is 2. The van der Waals surface area contributed by atoms with Crippen molar-refractivity contribution >= 4 is 29.1 Å². The monoisotopic (exact) mass is 411 g/mol. The summed E-state index contributed by atoms with van der Waals surface area (Å²) in [6, 6.07) is 15.1. The van der Waals surface area contributed by atoms with Gasteiger partial charge >= 0.3 is 0 Å². The number of halogens is 2. The maximum Gasteiger partial charge on any atom is 0.272 e. The molecule has 2 aliphatic rings. The molecule has 0 aliphatic heterocycles. The van der Waals surface area contributed by atoms with Crippen LogP contribution in [0.4, 0.5) is 0 Å². The van der Waals surface area contributed by atoms with Crippen LogP contribution in [-0.4, -0.2) is 15.7 Å². The standard InChI is InChI=1S/C22H19Cl2N3O/c23-16-5-1-13(2-6-16)12-25-22(28)20-19-14-3-4-15(11-14)21(19)27(26-20)18-9-7-17(24)8-10-18/h1-2,5-10,14-15H,3-4,11-12H2,(H,25,28)/t14-,15-/m0/s1. The van der Waals surface area contributed by atoms with Crippen molar-refractivity contribution in [2.75, 3.05) is 0 Å². The number of carbonyl (C=O) groups is 1. The third kappa shape index (κ3) is 3.01. The quantitative estimate of drug-likeness (QED) is 0.618. The van der Waals surface area contributed by atoms with Gasteiger partial charge < -0.3 is 5.32 Å². The largest absolute Gasteiger partial charge is 0.347 e. The highest BCUT2D eigenvalue weighted by atomic mass is 35.5. The van der Waals surface area contributed by atoms with Crippen molar-refractivity contribution in [3.63, 3.8) is 0 Å². The Kier molecular flexibility index (Phi) is 4.41. The van der Waals surface area contributed by atoms with Crippen molar-refractivity contribution in [2.24, 2.45) is 0 Å². The summed E-state index contributed by atoms with van der Waals surface area (Å²) in [6.07, 6.45) is 3.43. The fraction of sp³-hybridized carbons (Fsp3) is 0.273. The van der Waals surface area contributed by atoms with Crippen molar-refractivity contribution < 1.29 is 4.79 Å². The van der Waals surface area contributed by atoms with E-state index in [-0.39, 0.29) is 5.91 Å². The average Bonchev–Trinajstić information content (AvgIpc) is 3.41. The minimum absolute atomic E-state index is 0.119. The van der Waals surface area contributed by atoms with Crippen molar-refractivity contribution in [3.8, 4) is 5.69 Å². The first-order valence-corrected chi connectivity index (χ1v) is 10.3. The average molecular weight is 412 g/mol. The van der Waals surface area contributed by atoms with E-state index < -0.39 is 0 Å². The summed E-state index contributed by atoms with van der Waals surface area (Å²) in [6.45, 7) is 0.451. The number of aromatic nitrogens is 2. The molecule has 1 N–H and O–H groups in total. The Morgan fingerprint density at radius 1 is 1.00 bits per heavy atom. The van der Waals surface area contributed by atoms with E-state index in [9.17, 15) is 4.79 Å². The molecule has 1 fully saturated rings. The fourth-order valence-electron chi connectivity index (χ4n) is 4.55. The van der Waals surface area contributed by atoms with Crippen LogP contribution in [-0.2, 0) is 6.54 Å². The second-order valence-electron chi connectivity index (χ2n) is 7.55. The van der Waals surface area contributed by atoms with Gasteiger partial charge in [0.2, 0.25) is 0 Å². The number of nitrogens with zero attached hydrogens (tertiary/aromatic N) is 2. The molecule has 3 aromatic rings. The molecule has 6 heteroatoms. The van der Waals surface area contributed by atoms with Gasteiger partial charge in [-0.2, -0.15) is 5.10 Å². The van der Waals surface area contributed by atoms with Gasteiger partial charge in [0, 0.05) is 28.1 Å². The summed E-state index contributed by atoms with van der Waals surface area (Å²) >= 11 is 12.0. The third-order valence-electron chi connectivity index (χ3n) is 5.84. The first-order chi connectivity index (χ1) is 13.6. The van der Waals surface area contributed by atoms with Gasteiger partial charge in [0.05, 0.1) is 11.4 Å². The van der Waals surface area contributed by atoms with Gasteiger partial charge in [-0.05, 0) is 67.1 Å². The van der Waals surface area contributed by atoms with E-state index in [0.717, 1.165) is 29.7 Å². The number of fused-ring (bicyclic) bond motifs is 5. The van der Waals surface area contributed by atoms with Crippen LogP contribution in [0.3, 0.4) is 0 Å². The first-order valence-electron chi connectivity index (χ1n) is 9.51. The number of benzene rings is 2. The topological polar surface area (TPSA) is 46.9 Å². The molecule has 2 bridgehead atoms. The maximum atomic E-state index is 13.0. The zero-order valence-electron chi connectivity index (χ0n) is 15.2. The summed E-state index contributed by atoms with van der Waals surface area (Å²) in [5, 5.41) is 9.13. The Hall–Kier alpha value is -2.30. The van der Waals surface area contributed by atoms with Crippen LogP contribution in [0.25, 0.3) is 5.69 Å². The number of rotatable bonds is 4. The highest BCUT2D eigenvalue weighted by molar-refractivity contribution is 6.30. The molecule has 1 amide bonds. The predicted octanol–water partition coefficient (Wildman–Crippen LogP) is 5.47. The van der Waals surface area contributed by atoms with E-state index in [0.29, 0.717) is 34.1 Å². The lowest BCUT2D eigenvalue weighted by atomic mass is 9.95. The van der Waals surface area contributed by atoms with Gasteiger partial charge in [0.1, 0.15) is 0 Å². The minimum atomic E-state index is -0.119. The molecule has 0 unspecified atom stereocenters. The summed E-state index contributed by atoms with van der Waals surface area (Å²) in [4.78, 5) is 13.0. The maximum absolute atomic E-state index is 13.0. The van der Waals surface area contributed by atoms with Crippen LogP contribution in [0.1, 0.15) is 58.4 Å². The molecule has 142 valence electrons. The summed E-state index contributed by atoms with van der Waals surface area (Å²) in [7, 11) is 0. The minimum Gasteiger partial charge on any atom is -0.347 e. The van der Waals surface area contributed by atoms with Gasteiger partial charge in [-0.3, -0.25) is 4.79 Å². The fourth-order valence-corrected chi connectivity index (χ4v) is 4.80. The van der Waals surface area contributed by atoms with Crippen molar-refractivity contribution in [1.82, 2.24) is 15.1 Å². The second-order valence-corrected chi connectivity index (χ2v) is 8.42. The van der Waals surface area contributed by atoms with Gasteiger partial charge in [-0.1, -0.05) is 35.3 Å². The highest BCUT2D eigenvalue weighted by Crippen LogP contribution is 2.54. The Morgan fingerprint density at radius 3 is 2.36 bits per heavy atom. The predicted molar refractivity (Wildman–Crippen MR) is 111 cm³/mol. The first kappa shape index (κ1) is 17.8. The molecule has 5 rings (SSSR count). The highest BCUT2D eigenvalue weighted by Gasteiger charge is 2.44. The van der Waals surface area contributed by atoms with Crippen LogP contribution in [0, 0.1) is 0 Å². The Balaban J connectivity index is 1.47. The SMILES string of the molecule is O=C(NCc1ccc(Cl)cc1)c1nn(-c2ccc(Cl)cc2)c2c1[C@H]1CC[C@H]2C1. The normalized spacial score (nSPS) is 19.6. The van der Waals surface area contributed by atoms with E-state index in [1.807, 2.05) is 53.2 Å². The summed E-state index contributed by atoms with van der Waals surface area (Å²) in [5.41, 5.74) is 4.86. The van der Waals surface area contributed by atoms with Crippen LogP contribution in [0.5, 0.6) is 0 Å². The number of carbonyl (C=O) groups excluding carboxylic acids is 1. The van der Waals surface area contributed by atoms with Crippen molar-refractivity contribution in [3.05, 3.63) is 81.1 Å². The van der Waals surface area contributed by atoms with E-state index in [1.165, 1.54) is 12.1 Å². The molecule has 2 aromatic carbocycles. The molecule has 0 spiro atoms. The Labute approximate surface area is 173 Å². The summed E-state index contributed by atoms with van der Waals surface area (Å²) in [5.74, 6) is 0.810. The van der Waals surface area contributed by atoms with Crippen LogP contribution >= 0.6 is 23.2 Å². The molecule has 4 nitrogen and oxygen atoms in total. The molecule has 2 aliphatic carbocycles. The van der Waals surface area contributed by atoms with E-state index in [2.05, 4.69) is 5.32 Å². The molecule has 0 saturated heterocycles. The van der Waals surface area contributed by atoms with Crippen LogP contribution in [0.15, 0.2) is 48.5 Å². The van der Waals surface area contributed by atoms with Gasteiger partial charge in [-0.25, -0.2) is 4.68 Å². The Morgan fingerprint density at radius 2 is 1.64 bits per heavy atom. The van der Waals surface area contributed by atoms with E-state index >= 15 is 0 Å². The lowest BCUT2D eigenvalue weighted by Crippen LogP contribution is -2.24. The number of nitrogens with one attached hydrogen (secondary N) is 1. The number of hydrogen-bond donors (Lipinski definition) is 1. The van der Waals surface area contributed by atoms with E-state index in [1.54, 1.807) is 0 Å². The van der Waals surface area contributed by atoms with Gasteiger partial charge in [0.25, 0.3) is 5.91 Å². The molecular formula is C22H19Cl2N3O. The van der Waals surface area contributed by atoms with Gasteiger partial charge in [0.15, 0.2) is 5.69 Å². The lowest BCUT2D eigenvalue weighted by molar-refractivity contribution is 0.0944. The summed E-state index contributed by atoms with van der Waals surface area (Å²) < 4.78 is 1.95. The second kappa shape index (κ2) is 6.94. The molecule has 28 heavy (non-hydrogen) atoms. The third-order valence-corrected chi connectivity index (χ3v) is 6.34. The van der Waals surface area contributed by atoms with Crippen LogP contribution in [0.2, 0.25) is 10.0 Å². The zero-order chi connectivity index (χ0) is 19.3. The zero-order valence-corrected chi connectivity index (χ0v) is 16.7. The molecule has 0 radical (unpaired) electrons. The molecule has 1 heterocycles. The molecule has 2 atom stereocenters. The van der Waals surface area contributed by atoms with Crippen molar-refractivity contribution in [1.29, 1.82) is 0 Å². The van der Waals surface area contributed by atoms with E-state index in [4.69, 9.17) is 28.3 Å². The molecular weight excluding hydrogens is 393 g/mol.